The summed E-state index contributed by atoms with van der Waals surface area (Å²) in [6.45, 7) is 0.499. The Hall–Kier alpha value is -3.96. The molecule has 0 amide bonds. The Balaban J connectivity index is 1.64. The van der Waals surface area contributed by atoms with Gasteiger partial charge < -0.3 is 15.1 Å². The van der Waals surface area contributed by atoms with Crippen LogP contribution >= 0.6 is 0 Å². The molecular formula is C27H24N2O3. The number of para-hydroxylation sites is 2. The maximum atomic E-state index is 12.0. The van der Waals surface area contributed by atoms with Crippen molar-refractivity contribution in [2.45, 2.75) is 18.6 Å². The molecule has 5 heteroatoms. The van der Waals surface area contributed by atoms with Gasteiger partial charge in [0.2, 0.25) is 0 Å². The maximum Gasteiger partial charge on any atom is 0.340 e. The number of aliphatic hydroxyl groups is 1. The van der Waals surface area contributed by atoms with Crippen LogP contribution in [0.15, 0.2) is 109 Å². The van der Waals surface area contributed by atoms with Crippen molar-refractivity contribution >= 4 is 17.3 Å². The van der Waals surface area contributed by atoms with Crippen molar-refractivity contribution < 1.29 is 15.0 Å². The summed E-state index contributed by atoms with van der Waals surface area (Å²) in [5.41, 5.74) is 1.61. The highest BCUT2D eigenvalue weighted by molar-refractivity contribution is 5.79. The van der Waals surface area contributed by atoms with E-state index in [0.717, 1.165) is 17.1 Å². The minimum absolute atomic E-state index is 0.128. The summed E-state index contributed by atoms with van der Waals surface area (Å²) in [5, 5.41) is 20.8. The first-order valence-electron chi connectivity index (χ1n) is 10.4. The van der Waals surface area contributed by atoms with E-state index in [1.54, 1.807) is 36.4 Å². The van der Waals surface area contributed by atoms with Gasteiger partial charge in [-0.25, -0.2) is 4.79 Å². The number of carboxylic acid groups (broad SMARTS) is 1. The number of pyridine rings is 1. The van der Waals surface area contributed by atoms with Crippen LogP contribution < -0.4 is 4.90 Å². The minimum atomic E-state index is -2.05. The monoisotopic (exact) mass is 424 g/mol. The Morgan fingerprint density at radius 3 is 1.75 bits per heavy atom. The Kier molecular flexibility index (Phi) is 6.29. The number of rotatable bonds is 8. The lowest BCUT2D eigenvalue weighted by Gasteiger charge is -2.26. The quantitative estimate of drug-likeness (QED) is 0.419. The summed E-state index contributed by atoms with van der Waals surface area (Å²) in [5.74, 6) is -1.30. The van der Waals surface area contributed by atoms with Gasteiger partial charge in [-0.1, -0.05) is 72.8 Å². The molecule has 4 rings (SSSR count). The summed E-state index contributed by atoms with van der Waals surface area (Å²) in [6, 6.07) is 34.0. The Bertz CT molecular complexity index is 1130. The van der Waals surface area contributed by atoms with Crippen molar-refractivity contribution in [1.82, 2.24) is 4.98 Å². The number of nitrogens with zero attached hydrogens (tertiary/aromatic N) is 2. The first kappa shape index (κ1) is 21.3. The summed E-state index contributed by atoms with van der Waals surface area (Å²) >= 11 is 0. The highest BCUT2D eigenvalue weighted by atomic mass is 16.4. The molecule has 0 saturated heterocycles. The Morgan fingerprint density at radius 2 is 1.22 bits per heavy atom. The molecule has 0 bridgehead atoms. The molecule has 4 aromatic rings. The SMILES string of the molecule is O=C(O)[C@](O)(Cc1cccc(CN(c2ccccc2)c2ccccc2)n1)c1ccccc1. The third-order valence-electron chi connectivity index (χ3n) is 5.36. The maximum absolute atomic E-state index is 12.0. The molecule has 0 aliphatic heterocycles. The van der Waals surface area contributed by atoms with Gasteiger partial charge in [-0.2, -0.15) is 0 Å². The van der Waals surface area contributed by atoms with Gasteiger partial charge in [0.25, 0.3) is 0 Å². The molecule has 1 atom stereocenters. The molecule has 0 aliphatic rings. The number of carbonyl (C=O) groups is 1. The van der Waals surface area contributed by atoms with Gasteiger partial charge in [0.15, 0.2) is 5.60 Å². The zero-order valence-corrected chi connectivity index (χ0v) is 17.5. The van der Waals surface area contributed by atoms with Crippen molar-refractivity contribution in [3.05, 3.63) is 126 Å². The Morgan fingerprint density at radius 1 is 0.719 bits per heavy atom. The highest BCUT2D eigenvalue weighted by Gasteiger charge is 2.38. The van der Waals surface area contributed by atoms with E-state index in [1.165, 1.54) is 0 Å². The second-order valence-electron chi connectivity index (χ2n) is 7.59. The highest BCUT2D eigenvalue weighted by Crippen LogP contribution is 2.28. The summed E-state index contributed by atoms with van der Waals surface area (Å²) in [4.78, 5) is 18.8. The zero-order chi connectivity index (χ0) is 22.4. The second-order valence-corrected chi connectivity index (χ2v) is 7.59. The third-order valence-corrected chi connectivity index (χ3v) is 5.36. The smallest absolute Gasteiger partial charge is 0.340 e. The van der Waals surface area contributed by atoms with Crippen molar-refractivity contribution in [2.75, 3.05) is 4.90 Å². The van der Waals surface area contributed by atoms with E-state index >= 15 is 0 Å². The molecular weight excluding hydrogens is 400 g/mol. The lowest BCUT2D eigenvalue weighted by Crippen LogP contribution is -2.38. The van der Waals surface area contributed by atoms with Crippen molar-refractivity contribution in [1.29, 1.82) is 0 Å². The van der Waals surface area contributed by atoms with Gasteiger partial charge in [0, 0.05) is 23.5 Å². The van der Waals surface area contributed by atoms with Gasteiger partial charge in [-0.3, -0.25) is 4.98 Å². The van der Waals surface area contributed by atoms with Crippen molar-refractivity contribution in [3.63, 3.8) is 0 Å². The predicted molar refractivity (Wildman–Crippen MR) is 125 cm³/mol. The molecule has 1 aromatic heterocycles. The number of aliphatic carboxylic acids is 1. The van der Waals surface area contributed by atoms with Crippen molar-refractivity contribution in [3.8, 4) is 0 Å². The molecule has 5 nitrogen and oxygen atoms in total. The van der Waals surface area contributed by atoms with E-state index in [4.69, 9.17) is 4.98 Å². The molecule has 0 unspecified atom stereocenters. The lowest BCUT2D eigenvalue weighted by atomic mass is 9.89. The molecule has 0 radical (unpaired) electrons. The van der Waals surface area contributed by atoms with Gasteiger partial charge in [0.05, 0.1) is 12.2 Å². The number of carboxylic acids is 1. The van der Waals surface area contributed by atoms with Crippen LogP contribution in [0.5, 0.6) is 0 Å². The van der Waals surface area contributed by atoms with Crippen LogP contribution in [0, 0.1) is 0 Å². The molecule has 32 heavy (non-hydrogen) atoms. The minimum Gasteiger partial charge on any atom is -0.479 e. The van der Waals surface area contributed by atoms with E-state index in [0.29, 0.717) is 17.8 Å². The average molecular weight is 425 g/mol. The fourth-order valence-electron chi connectivity index (χ4n) is 3.70. The fraction of sp³-hybridized carbons (Fsp3) is 0.111. The summed E-state index contributed by atoms with van der Waals surface area (Å²) in [6.07, 6.45) is -0.128. The number of anilines is 2. The van der Waals surface area contributed by atoms with Crippen LogP contribution in [0.2, 0.25) is 0 Å². The molecule has 2 N–H and O–H groups in total. The van der Waals surface area contributed by atoms with Gasteiger partial charge in [0.1, 0.15) is 0 Å². The van der Waals surface area contributed by atoms with E-state index < -0.39 is 11.6 Å². The number of aromatic nitrogens is 1. The van der Waals surface area contributed by atoms with Crippen LogP contribution in [0.4, 0.5) is 11.4 Å². The molecule has 0 spiro atoms. The van der Waals surface area contributed by atoms with Crippen LogP contribution in [0.3, 0.4) is 0 Å². The topological polar surface area (TPSA) is 73.7 Å². The Labute approximate surface area is 187 Å². The first-order valence-corrected chi connectivity index (χ1v) is 10.4. The zero-order valence-electron chi connectivity index (χ0n) is 17.5. The lowest BCUT2D eigenvalue weighted by molar-refractivity contribution is -0.159. The van der Waals surface area contributed by atoms with E-state index in [9.17, 15) is 15.0 Å². The molecule has 3 aromatic carbocycles. The van der Waals surface area contributed by atoms with Gasteiger partial charge >= 0.3 is 5.97 Å². The van der Waals surface area contributed by atoms with Gasteiger partial charge in [-0.05, 0) is 42.0 Å². The van der Waals surface area contributed by atoms with Crippen LogP contribution in [0.25, 0.3) is 0 Å². The van der Waals surface area contributed by atoms with E-state index in [-0.39, 0.29) is 6.42 Å². The summed E-state index contributed by atoms with van der Waals surface area (Å²) < 4.78 is 0. The largest absolute Gasteiger partial charge is 0.479 e. The molecule has 0 fully saturated rings. The second kappa shape index (κ2) is 9.45. The van der Waals surface area contributed by atoms with Gasteiger partial charge in [-0.15, -0.1) is 0 Å². The fourth-order valence-corrected chi connectivity index (χ4v) is 3.70. The number of benzene rings is 3. The third kappa shape index (κ3) is 4.68. The normalized spacial score (nSPS) is 12.7. The van der Waals surface area contributed by atoms with Crippen LogP contribution in [-0.4, -0.2) is 21.2 Å². The standard InChI is InChI=1S/C27H24N2O3/c30-26(31)27(32,21-11-4-1-5-12-21)19-22-13-10-14-23(28-22)20-29(24-15-6-2-7-16-24)25-17-8-3-9-18-25/h1-18,32H,19-20H2,(H,30,31)/t27-/m0/s1. The van der Waals surface area contributed by atoms with E-state index in [2.05, 4.69) is 4.90 Å². The molecule has 1 heterocycles. The van der Waals surface area contributed by atoms with Crippen LogP contribution in [0.1, 0.15) is 17.0 Å². The predicted octanol–water partition coefficient (Wildman–Crippen LogP) is 4.93. The summed E-state index contributed by atoms with van der Waals surface area (Å²) in [7, 11) is 0. The molecule has 160 valence electrons. The van der Waals surface area contributed by atoms with E-state index in [1.807, 2.05) is 72.8 Å². The van der Waals surface area contributed by atoms with Crippen molar-refractivity contribution in [2.24, 2.45) is 0 Å². The first-order chi connectivity index (χ1) is 15.6. The molecule has 0 aliphatic carbocycles. The number of hydrogen-bond acceptors (Lipinski definition) is 4. The van der Waals surface area contributed by atoms with Crippen LogP contribution in [-0.2, 0) is 23.4 Å². The average Bonchev–Trinajstić information content (AvgIpc) is 2.84. The molecule has 0 saturated carbocycles. The number of hydrogen-bond donors (Lipinski definition) is 2.